The Morgan fingerprint density at radius 1 is 0.789 bits per heavy atom. The van der Waals surface area contributed by atoms with E-state index in [1.807, 2.05) is 0 Å². The second-order valence-electron chi connectivity index (χ2n) is 5.35. The third-order valence-corrected chi connectivity index (χ3v) is 5.98. The SMILES string of the molecule is CCCCC(CCCC)(CCCC)S(=O)(=O)OCC. The maximum atomic E-state index is 12.5. The van der Waals surface area contributed by atoms with Crippen molar-refractivity contribution in [2.24, 2.45) is 0 Å². The number of rotatable bonds is 12. The highest BCUT2D eigenvalue weighted by atomic mass is 32.2. The molecule has 0 unspecified atom stereocenters. The Morgan fingerprint density at radius 3 is 1.42 bits per heavy atom. The minimum absolute atomic E-state index is 0.245. The summed E-state index contributed by atoms with van der Waals surface area (Å²) in [6.07, 6.45) is 8.19. The van der Waals surface area contributed by atoms with E-state index >= 15 is 0 Å². The van der Waals surface area contributed by atoms with Gasteiger partial charge >= 0.3 is 0 Å². The Bertz CT molecular complexity index is 288. The molecule has 0 rings (SSSR count). The molecule has 3 nitrogen and oxygen atoms in total. The van der Waals surface area contributed by atoms with Crippen LogP contribution in [0.25, 0.3) is 0 Å². The molecule has 0 fully saturated rings. The molecule has 0 aliphatic heterocycles. The van der Waals surface area contributed by atoms with E-state index in [2.05, 4.69) is 20.8 Å². The minimum atomic E-state index is -3.45. The highest BCUT2D eigenvalue weighted by Gasteiger charge is 2.42. The van der Waals surface area contributed by atoms with Crippen LogP contribution in [0.15, 0.2) is 0 Å². The molecule has 4 heteroatoms. The van der Waals surface area contributed by atoms with E-state index in [4.69, 9.17) is 4.18 Å². The molecule has 0 aromatic rings. The summed E-state index contributed by atoms with van der Waals surface area (Å²) in [5, 5.41) is 0. The van der Waals surface area contributed by atoms with Crippen LogP contribution < -0.4 is 0 Å². The molecular weight excluding hydrogens is 260 g/mol. The molecule has 0 aromatic heterocycles. The first-order valence-electron chi connectivity index (χ1n) is 7.88. The average Bonchev–Trinajstić information content (AvgIpc) is 2.38. The van der Waals surface area contributed by atoms with Gasteiger partial charge in [-0.3, -0.25) is 4.18 Å². The molecule has 0 saturated carbocycles. The van der Waals surface area contributed by atoms with Crippen LogP contribution >= 0.6 is 0 Å². The zero-order valence-corrected chi connectivity index (χ0v) is 14.0. The van der Waals surface area contributed by atoms with E-state index in [1.165, 1.54) is 0 Å². The normalized spacial score (nSPS) is 12.8. The first kappa shape index (κ1) is 18.9. The molecule has 0 heterocycles. The zero-order chi connectivity index (χ0) is 14.8. The maximum Gasteiger partial charge on any atom is 0.273 e. The monoisotopic (exact) mass is 292 g/mol. The molecule has 0 spiro atoms. The first-order chi connectivity index (χ1) is 8.99. The van der Waals surface area contributed by atoms with Crippen molar-refractivity contribution in [3.05, 3.63) is 0 Å². The van der Waals surface area contributed by atoms with E-state index in [1.54, 1.807) is 6.92 Å². The lowest BCUT2D eigenvalue weighted by molar-refractivity contribution is 0.288. The van der Waals surface area contributed by atoms with Gasteiger partial charge in [0.1, 0.15) is 0 Å². The number of hydrogen-bond donors (Lipinski definition) is 0. The minimum Gasteiger partial charge on any atom is -0.270 e. The van der Waals surface area contributed by atoms with Crippen LogP contribution in [0.3, 0.4) is 0 Å². The summed E-state index contributed by atoms with van der Waals surface area (Å²) in [4.78, 5) is 0. The van der Waals surface area contributed by atoms with E-state index in [9.17, 15) is 8.42 Å². The van der Waals surface area contributed by atoms with E-state index in [0.29, 0.717) is 0 Å². The molecule has 19 heavy (non-hydrogen) atoms. The molecule has 0 amide bonds. The van der Waals surface area contributed by atoms with Crippen molar-refractivity contribution in [1.82, 2.24) is 0 Å². The van der Waals surface area contributed by atoms with Crippen LogP contribution in [0.2, 0.25) is 0 Å². The van der Waals surface area contributed by atoms with Crippen molar-refractivity contribution >= 4 is 10.1 Å². The van der Waals surface area contributed by atoms with Crippen molar-refractivity contribution in [1.29, 1.82) is 0 Å². The van der Waals surface area contributed by atoms with Gasteiger partial charge in [0.05, 0.1) is 11.4 Å². The van der Waals surface area contributed by atoms with Gasteiger partial charge in [0.25, 0.3) is 10.1 Å². The van der Waals surface area contributed by atoms with Crippen LogP contribution in [-0.4, -0.2) is 19.8 Å². The van der Waals surface area contributed by atoms with Crippen LogP contribution in [0, 0.1) is 0 Å². The molecule has 0 N–H and O–H groups in total. The van der Waals surface area contributed by atoms with Gasteiger partial charge in [-0.25, -0.2) is 0 Å². The molecule has 0 saturated heterocycles. The lowest BCUT2D eigenvalue weighted by Gasteiger charge is -2.32. The largest absolute Gasteiger partial charge is 0.273 e. The molecule has 0 atom stereocenters. The summed E-state index contributed by atoms with van der Waals surface area (Å²) in [5.41, 5.74) is 0. The fraction of sp³-hybridized carbons (Fsp3) is 1.00. The fourth-order valence-electron chi connectivity index (χ4n) is 2.53. The highest BCUT2D eigenvalue weighted by molar-refractivity contribution is 7.88. The van der Waals surface area contributed by atoms with Crippen molar-refractivity contribution in [2.45, 2.75) is 90.2 Å². The van der Waals surface area contributed by atoms with Gasteiger partial charge in [-0.05, 0) is 26.2 Å². The van der Waals surface area contributed by atoms with E-state index in [-0.39, 0.29) is 6.61 Å². The Kier molecular flexibility index (Phi) is 9.71. The Hall–Kier alpha value is -0.0900. The molecule has 0 bridgehead atoms. The third kappa shape index (κ3) is 5.82. The van der Waals surface area contributed by atoms with Gasteiger partial charge in [-0.15, -0.1) is 0 Å². The second-order valence-corrected chi connectivity index (χ2v) is 7.36. The van der Waals surface area contributed by atoms with Crippen LogP contribution in [0.5, 0.6) is 0 Å². The predicted octanol–water partition coefficient (Wildman–Crippen LogP) is 4.66. The summed E-state index contributed by atoms with van der Waals surface area (Å²) in [5.74, 6) is 0. The Morgan fingerprint density at radius 2 is 1.16 bits per heavy atom. The second kappa shape index (κ2) is 9.76. The molecular formula is C15H32O3S. The van der Waals surface area contributed by atoms with E-state index < -0.39 is 14.9 Å². The zero-order valence-electron chi connectivity index (χ0n) is 13.2. The lowest BCUT2D eigenvalue weighted by atomic mass is 9.90. The highest BCUT2D eigenvalue weighted by Crippen LogP contribution is 2.36. The standard InChI is InChI=1S/C15H32O3S/c1-5-9-12-15(13-10-6-2,14-11-7-3)19(16,17)18-8-4/h5-14H2,1-4H3. The number of unbranched alkanes of at least 4 members (excludes halogenated alkanes) is 3. The van der Waals surface area contributed by atoms with Crippen molar-refractivity contribution < 1.29 is 12.6 Å². The summed E-state index contributed by atoms with van der Waals surface area (Å²) < 4.78 is 29.6. The van der Waals surface area contributed by atoms with Crippen LogP contribution in [0.4, 0.5) is 0 Å². The van der Waals surface area contributed by atoms with Crippen LogP contribution in [0.1, 0.15) is 85.5 Å². The topological polar surface area (TPSA) is 43.4 Å². The summed E-state index contributed by atoms with van der Waals surface area (Å²) >= 11 is 0. The van der Waals surface area contributed by atoms with Crippen LogP contribution in [-0.2, 0) is 14.3 Å². The quantitative estimate of drug-likeness (QED) is 0.491. The molecule has 0 radical (unpaired) electrons. The lowest BCUT2D eigenvalue weighted by Crippen LogP contribution is -2.40. The summed E-state index contributed by atoms with van der Waals surface area (Å²) in [7, 11) is -3.45. The van der Waals surface area contributed by atoms with Crippen molar-refractivity contribution in [3.63, 3.8) is 0 Å². The summed E-state index contributed by atoms with van der Waals surface area (Å²) in [6.45, 7) is 8.32. The Balaban J connectivity index is 5.19. The molecule has 0 aliphatic carbocycles. The third-order valence-electron chi connectivity index (χ3n) is 3.76. The smallest absolute Gasteiger partial charge is 0.270 e. The van der Waals surface area contributed by atoms with Gasteiger partial charge in [0.2, 0.25) is 0 Å². The van der Waals surface area contributed by atoms with Gasteiger partial charge in [0, 0.05) is 0 Å². The first-order valence-corrected chi connectivity index (χ1v) is 9.29. The Labute approximate surface area is 120 Å². The van der Waals surface area contributed by atoms with Gasteiger partial charge < -0.3 is 0 Å². The average molecular weight is 292 g/mol. The molecule has 0 aliphatic rings. The molecule has 116 valence electrons. The van der Waals surface area contributed by atoms with Gasteiger partial charge in [-0.1, -0.05) is 59.3 Å². The van der Waals surface area contributed by atoms with Crippen molar-refractivity contribution in [3.8, 4) is 0 Å². The predicted molar refractivity (Wildman–Crippen MR) is 81.9 cm³/mol. The van der Waals surface area contributed by atoms with Gasteiger partial charge in [-0.2, -0.15) is 8.42 Å². The van der Waals surface area contributed by atoms with E-state index in [0.717, 1.165) is 57.8 Å². The maximum absolute atomic E-state index is 12.5. The molecule has 0 aromatic carbocycles. The van der Waals surface area contributed by atoms with Crippen molar-refractivity contribution in [2.75, 3.05) is 6.61 Å². The van der Waals surface area contributed by atoms with Gasteiger partial charge in [0.15, 0.2) is 0 Å². The summed E-state index contributed by atoms with van der Waals surface area (Å²) in [6, 6.07) is 0. The fourth-order valence-corrected chi connectivity index (χ4v) is 4.27. The number of hydrogen-bond acceptors (Lipinski definition) is 3.